The molecule has 2 saturated heterocycles. The number of hydrogen-bond acceptors (Lipinski definition) is 6. The number of halogens is 1. The highest BCUT2D eigenvalue weighted by molar-refractivity contribution is 6.08. The lowest BCUT2D eigenvalue weighted by molar-refractivity contribution is -0.136. The molecule has 44 heavy (non-hydrogen) atoms. The zero-order valence-electron chi connectivity index (χ0n) is 24.3. The smallest absolute Gasteiger partial charge is 0.262 e. The van der Waals surface area contributed by atoms with Gasteiger partial charge in [0.05, 0.1) is 17.8 Å². The summed E-state index contributed by atoms with van der Waals surface area (Å²) in [6.45, 7) is 3.38. The summed E-state index contributed by atoms with van der Waals surface area (Å²) in [6.07, 6.45) is 2.50. The maximum Gasteiger partial charge on any atom is 0.262 e. The topological polar surface area (TPSA) is 99.3 Å². The molecule has 1 atom stereocenters. The van der Waals surface area contributed by atoms with Crippen molar-refractivity contribution in [1.29, 1.82) is 0 Å². The first-order valence-corrected chi connectivity index (χ1v) is 15.2. The van der Waals surface area contributed by atoms with Gasteiger partial charge in [-0.1, -0.05) is 30.3 Å². The summed E-state index contributed by atoms with van der Waals surface area (Å²) < 4.78 is 20.4. The van der Waals surface area contributed by atoms with Gasteiger partial charge in [-0.2, -0.15) is 0 Å². The van der Waals surface area contributed by atoms with E-state index in [0.717, 1.165) is 37.1 Å². The Morgan fingerprint density at radius 3 is 2.48 bits per heavy atom. The molecular weight excluding hydrogens is 563 g/mol. The van der Waals surface area contributed by atoms with E-state index in [1.165, 1.54) is 16.5 Å². The Morgan fingerprint density at radius 2 is 1.68 bits per heavy atom. The van der Waals surface area contributed by atoms with Gasteiger partial charge in [0.1, 0.15) is 24.2 Å². The molecular formula is C34H33FN4O5. The summed E-state index contributed by atoms with van der Waals surface area (Å²) in [5.41, 5.74) is 4.45. The van der Waals surface area contributed by atoms with Crippen LogP contribution in [0.1, 0.15) is 69.0 Å². The number of fused-ring (bicyclic) bond motifs is 2. The lowest BCUT2D eigenvalue weighted by atomic mass is 9.87. The zero-order chi connectivity index (χ0) is 30.4. The van der Waals surface area contributed by atoms with Crippen molar-refractivity contribution in [3.8, 4) is 5.75 Å². The fraction of sp³-hybridized carbons (Fsp3) is 0.353. The summed E-state index contributed by atoms with van der Waals surface area (Å²) in [4.78, 5) is 55.9. The summed E-state index contributed by atoms with van der Waals surface area (Å²) in [7, 11) is 0. The monoisotopic (exact) mass is 596 g/mol. The first-order chi connectivity index (χ1) is 21.4. The number of nitrogens with one attached hydrogen (secondary N) is 1. The third-order valence-corrected chi connectivity index (χ3v) is 9.25. The number of rotatable bonds is 5. The Morgan fingerprint density at radius 1 is 0.864 bits per heavy atom. The first-order valence-electron chi connectivity index (χ1n) is 15.2. The quantitative estimate of drug-likeness (QED) is 0.447. The fourth-order valence-electron chi connectivity index (χ4n) is 6.89. The number of para-hydroxylation sites is 1. The van der Waals surface area contributed by atoms with Crippen LogP contribution in [0.3, 0.4) is 0 Å². The number of carbonyl (C=O) groups is 4. The molecule has 4 aliphatic rings. The van der Waals surface area contributed by atoms with Crippen molar-refractivity contribution in [2.24, 2.45) is 0 Å². The van der Waals surface area contributed by atoms with Crippen LogP contribution >= 0.6 is 0 Å². The van der Waals surface area contributed by atoms with Crippen LogP contribution in [0.25, 0.3) is 0 Å². The predicted octanol–water partition coefficient (Wildman–Crippen LogP) is 4.01. The summed E-state index contributed by atoms with van der Waals surface area (Å²) in [6, 6.07) is 17.4. The number of nitrogens with zero attached hydrogens (tertiary/aromatic N) is 3. The fourth-order valence-corrected chi connectivity index (χ4v) is 6.89. The molecule has 2 fully saturated rings. The van der Waals surface area contributed by atoms with Crippen LogP contribution in [0.15, 0.2) is 60.7 Å². The molecule has 3 aromatic carbocycles. The Hall–Kier alpha value is -4.57. The van der Waals surface area contributed by atoms with Crippen LogP contribution in [-0.4, -0.2) is 65.7 Å². The van der Waals surface area contributed by atoms with Crippen LogP contribution in [0.2, 0.25) is 0 Å². The van der Waals surface area contributed by atoms with E-state index in [4.69, 9.17) is 4.74 Å². The van der Waals surface area contributed by atoms with E-state index in [1.54, 1.807) is 23.1 Å². The van der Waals surface area contributed by atoms with Crippen LogP contribution < -0.4 is 15.0 Å². The van der Waals surface area contributed by atoms with Crippen molar-refractivity contribution in [1.82, 2.24) is 15.1 Å². The van der Waals surface area contributed by atoms with Gasteiger partial charge in [-0.25, -0.2) is 4.39 Å². The van der Waals surface area contributed by atoms with Gasteiger partial charge in [0.15, 0.2) is 0 Å². The molecule has 0 aliphatic carbocycles. The largest absolute Gasteiger partial charge is 0.491 e. The second kappa shape index (κ2) is 11.5. The van der Waals surface area contributed by atoms with E-state index < -0.39 is 17.8 Å². The maximum atomic E-state index is 14.5. The number of benzene rings is 3. The number of anilines is 1. The van der Waals surface area contributed by atoms with Crippen LogP contribution in [0, 0.1) is 5.82 Å². The number of hydrogen-bond donors (Lipinski definition) is 1. The van der Waals surface area contributed by atoms with E-state index in [2.05, 4.69) is 16.3 Å². The number of piperidine rings is 2. The van der Waals surface area contributed by atoms with Gasteiger partial charge in [-0.05, 0) is 85.3 Å². The van der Waals surface area contributed by atoms with Gasteiger partial charge in [-0.15, -0.1) is 0 Å². The Bertz CT molecular complexity index is 1670. The molecule has 1 N–H and O–H groups in total. The average molecular weight is 597 g/mol. The molecule has 10 heteroatoms. The van der Waals surface area contributed by atoms with Crippen molar-refractivity contribution < 1.29 is 28.3 Å². The molecule has 0 saturated carbocycles. The highest BCUT2D eigenvalue weighted by Gasteiger charge is 2.39. The number of ether oxygens (including phenoxy) is 1. The summed E-state index contributed by atoms with van der Waals surface area (Å²) >= 11 is 0. The minimum absolute atomic E-state index is 0.155. The second-order valence-electron chi connectivity index (χ2n) is 12.0. The summed E-state index contributed by atoms with van der Waals surface area (Å²) in [5, 5.41) is 2.35. The van der Waals surface area contributed by atoms with E-state index in [0.29, 0.717) is 42.3 Å². The average Bonchev–Trinajstić information content (AvgIpc) is 3.26. The lowest BCUT2D eigenvalue weighted by Crippen LogP contribution is -2.52. The van der Waals surface area contributed by atoms with E-state index in [9.17, 15) is 23.6 Å². The Kier molecular flexibility index (Phi) is 7.37. The molecule has 4 heterocycles. The minimum Gasteiger partial charge on any atom is -0.491 e. The van der Waals surface area contributed by atoms with Crippen LogP contribution in [0.4, 0.5) is 10.1 Å². The Labute approximate surface area is 254 Å². The van der Waals surface area contributed by atoms with Crippen molar-refractivity contribution >= 4 is 29.3 Å². The molecule has 4 amide bonds. The number of likely N-dealkylation sites (tertiary alicyclic amines) is 1. The molecule has 4 aliphatic heterocycles. The van der Waals surface area contributed by atoms with Crippen molar-refractivity contribution in [2.75, 3.05) is 31.1 Å². The highest BCUT2D eigenvalue weighted by atomic mass is 19.1. The van der Waals surface area contributed by atoms with Gasteiger partial charge in [-0.3, -0.25) is 29.4 Å². The Balaban J connectivity index is 0.995. The summed E-state index contributed by atoms with van der Waals surface area (Å²) in [5.74, 6) is -0.684. The normalized spacial score (nSPS) is 21.1. The molecule has 7 rings (SSSR count). The number of amides is 4. The highest BCUT2D eigenvalue weighted by Crippen LogP contribution is 2.35. The van der Waals surface area contributed by atoms with Crippen molar-refractivity contribution in [2.45, 2.75) is 50.7 Å². The molecule has 1 unspecified atom stereocenters. The minimum atomic E-state index is -0.614. The standard InChI is InChI=1S/C34H33FN4O5/c35-27-3-1-2-4-28(27)38-15-16-44-30-9-5-21(17-26(30)34(38)43)19-37-13-11-22(12-14-37)23-6-7-25-24(18-23)20-39(33(25)42)29-8-10-31(40)36-32(29)41/h1-7,9,17-18,22,29H,8,10-16,19-20H2,(H,36,40,41). The van der Waals surface area contributed by atoms with Crippen molar-refractivity contribution in [3.63, 3.8) is 0 Å². The number of carbonyl (C=O) groups excluding carboxylic acids is 4. The van der Waals surface area contributed by atoms with Gasteiger partial charge >= 0.3 is 0 Å². The third-order valence-electron chi connectivity index (χ3n) is 9.25. The van der Waals surface area contributed by atoms with Gasteiger partial charge in [0, 0.05) is 25.1 Å². The molecule has 9 nitrogen and oxygen atoms in total. The van der Waals surface area contributed by atoms with Gasteiger partial charge < -0.3 is 14.5 Å². The third kappa shape index (κ3) is 5.23. The molecule has 226 valence electrons. The van der Waals surface area contributed by atoms with Crippen LogP contribution in [-0.2, 0) is 22.7 Å². The van der Waals surface area contributed by atoms with Crippen molar-refractivity contribution in [3.05, 3.63) is 94.3 Å². The first kappa shape index (κ1) is 28.2. The molecule has 0 radical (unpaired) electrons. The second-order valence-corrected chi connectivity index (χ2v) is 12.0. The SMILES string of the molecule is O=C1CCC(N2Cc3cc(C4CCN(Cc5ccc6c(c5)C(=O)N(c5ccccc5F)CCO6)CC4)ccc3C2=O)C(=O)N1. The van der Waals surface area contributed by atoms with Crippen LogP contribution in [0.5, 0.6) is 5.75 Å². The zero-order valence-corrected chi connectivity index (χ0v) is 24.3. The van der Waals surface area contributed by atoms with E-state index in [1.807, 2.05) is 30.3 Å². The van der Waals surface area contributed by atoms with E-state index in [-0.39, 0.29) is 43.0 Å². The van der Waals surface area contributed by atoms with E-state index >= 15 is 0 Å². The van der Waals surface area contributed by atoms with Gasteiger partial charge in [0.25, 0.3) is 11.8 Å². The molecule has 0 bridgehead atoms. The number of imide groups is 1. The molecule has 0 aromatic heterocycles. The lowest BCUT2D eigenvalue weighted by Gasteiger charge is -2.32. The molecule has 3 aromatic rings. The predicted molar refractivity (Wildman–Crippen MR) is 160 cm³/mol. The molecule has 0 spiro atoms. The van der Waals surface area contributed by atoms with Gasteiger partial charge in [0.2, 0.25) is 11.8 Å². The maximum absolute atomic E-state index is 14.5.